The van der Waals surface area contributed by atoms with Crippen molar-refractivity contribution in [3.8, 4) is 5.75 Å². The Morgan fingerprint density at radius 3 is 2.40 bits per heavy atom. The van der Waals surface area contributed by atoms with Gasteiger partial charge in [-0.15, -0.1) is 0 Å². The summed E-state index contributed by atoms with van der Waals surface area (Å²) in [6.45, 7) is 2.28. The van der Waals surface area contributed by atoms with Crippen molar-refractivity contribution in [3.63, 3.8) is 0 Å². The van der Waals surface area contributed by atoms with E-state index < -0.39 is 43.4 Å². The van der Waals surface area contributed by atoms with Crippen LogP contribution in [0.25, 0.3) is 0 Å². The number of nitrogens with one attached hydrogen (secondary N) is 2. The van der Waals surface area contributed by atoms with Crippen LogP contribution >= 0.6 is 0 Å². The van der Waals surface area contributed by atoms with E-state index >= 15 is 0 Å². The maximum Gasteiger partial charge on any atom is 0.472 e. The van der Waals surface area contributed by atoms with E-state index in [1.54, 1.807) is 19.1 Å². The number of likely N-dealkylation sites (N-methyl/N-ethyl adjacent to an activating group) is 1. The summed E-state index contributed by atoms with van der Waals surface area (Å²) in [5.41, 5.74) is 0.796. The first-order valence-electron chi connectivity index (χ1n) is 9.56. The van der Waals surface area contributed by atoms with Crippen molar-refractivity contribution in [2.45, 2.75) is 25.8 Å². The molecule has 5 N–H and O–H groups in total. The second-order valence-corrected chi connectivity index (χ2v) is 6.77. The van der Waals surface area contributed by atoms with Gasteiger partial charge in [-0.1, -0.05) is 12.1 Å². The van der Waals surface area contributed by atoms with Crippen LogP contribution < -0.4 is 10.6 Å². The smallest absolute Gasteiger partial charge is 0.472 e. The zero-order chi connectivity index (χ0) is 22.3. The molecule has 1 aliphatic rings. The van der Waals surface area contributed by atoms with Crippen LogP contribution in [-0.2, 0) is 20.8 Å². The first-order valence-corrected chi connectivity index (χ1v) is 9.56. The summed E-state index contributed by atoms with van der Waals surface area (Å²) in [4.78, 5) is 51.3. The lowest BCUT2D eigenvalue weighted by Crippen LogP contribution is -2.60. The fourth-order valence-electron chi connectivity index (χ4n) is 2.95. The molecule has 0 spiro atoms. The molecule has 2 rings (SSSR count). The molecule has 0 bridgehead atoms. The zero-order valence-corrected chi connectivity index (χ0v) is 16.6. The number of carbonyl (C=O) groups is 4. The van der Waals surface area contributed by atoms with Gasteiger partial charge in [-0.05, 0) is 37.5 Å². The summed E-state index contributed by atoms with van der Waals surface area (Å²) >= 11 is 0. The normalized spacial score (nSPS) is 15.0. The summed E-state index contributed by atoms with van der Waals surface area (Å²) in [5.74, 6) is -2.33. The molecule has 12 heteroatoms. The first-order chi connectivity index (χ1) is 14.2. The number of hydrogen-bond acceptors (Lipinski definition) is 7. The molecule has 1 aromatic rings. The maximum absolute atomic E-state index is 12.6. The highest BCUT2D eigenvalue weighted by atomic mass is 16.4. The number of aromatic hydroxyl groups is 1. The Labute approximate surface area is 173 Å². The Hall–Kier alpha value is -3.12. The number of urea groups is 1. The second-order valence-electron chi connectivity index (χ2n) is 6.77. The Balaban J connectivity index is 2.06. The van der Waals surface area contributed by atoms with E-state index in [0.29, 0.717) is 13.0 Å². The lowest BCUT2D eigenvalue weighted by molar-refractivity contribution is -0.153. The van der Waals surface area contributed by atoms with Crippen LogP contribution in [0.2, 0.25) is 0 Å². The average Bonchev–Trinajstić information content (AvgIpc) is 2.72. The average molecular weight is 420 g/mol. The number of benzene rings is 1. The Morgan fingerprint density at radius 2 is 1.80 bits per heavy atom. The summed E-state index contributed by atoms with van der Waals surface area (Å²) in [5, 5.41) is 32.0. The van der Waals surface area contributed by atoms with E-state index in [4.69, 9.17) is 10.0 Å². The number of phenols is 1. The van der Waals surface area contributed by atoms with Crippen LogP contribution in [0.3, 0.4) is 0 Å². The number of piperazine rings is 1. The molecule has 1 saturated heterocycles. The van der Waals surface area contributed by atoms with Crippen molar-refractivity contribution in [2.75, 3.05) is 26.1 Å². The molecule has 5 amide bonds. The molecule has 0 saturated carbocycles. The molecule has 1 atom stereocenters. The lowest BCUT2D eigenvalue weighted by Gasteiger charge is -2.32. The topological polar surface area (TPSA) is 160 Å². The summed E-state index contributed by atoms with van der Waals surface area (Å²) in [6, 6.07) is 4.34. The molecule has 162 valence electrons. The quantitative estimate of drug-likeness (QED) is 0.246. The van der Waals surface area contributed by atoms with E-state index in [2.05, 4.69) is 10.6 Å². The second kappa shape index (κ2) is 10.6. The summed E-state index contributed by atoms with van der Waals surface area (Å²) in [7, 11) is -1.76. The number of nitrogens with zero attached hydrogens (tertiary/aromatic N) is 2. The standard InChI is InChI=1S/C18H25BN4O7/c1-2-22-9-10-23(17(27)16(22)26)18(28)21-14(15(25)20-11-19(29)30)8-5-12-3-6-13(24)7-4-12/h3-4,6-7,14,24,29-30H,2,5,8-11H2,1H3,(H,20,25)(H,21,28). The fourth-order valence-corrected chi connectivity index (χ4v) is 2.95. The molecule has 1 aliphatic heterocycles. The lowest BCUT2D eigenvalue weighted by atomic mass is 9.92. The van der Waals surface area contributed by atoms with Crippen molar-refractivity contribution >= 4 is 30.9 Å². The monoisotopic (exact) mass is 420 g/mol. The maximum atomic E-state index is 12.6. The minimum absolute atomic E-state index is 0.00586. The first kappa shape index (κ1) is 23.2. The van der Waals surface area contributed by atoms with Crippen LogP contribution in [0.1, 0.15) is 18.9 Å². The molecule has 1 heterocycles. The number of aryl methyl sites for hydroxylation is 1. The molecule has 11 nitrogen and oxygen atoms in total. The van der Waals surface area contributed by atoms with Crippen molar-refractivity contribution < 1.29 is 34.3 Å². The van der Waals surface area contributed by atoms with Crippen LogP contribution in [0.5, 0.6) is 5.75 Å². The van der Waals surface area contributed by atoms with Crippen molar-refractivity contribution in [2.24, 2.45) is 0 Å². The number of rotatable bonds is 8. The third kappa shape index (κ3) is 6.19. The molecule has 0 aromatic heterocycles. The Morgan fingerprint density at radius 1 is 1.13 bits per heavy atom. The van der Waals surface area contributed by atoms with E-state index in [9.17, 15) is 24.3 Å². The van der Waals surface area contributed by atoms with E-state index in [1.165, 1.54) is 17.0 Å². The van der Waals surface area contributed by atoms with E-state index in [0.717, 1.165) is 10.5 Å². The van der Waals surface area contributed by atoms with Gasteiger partial charge < -0.3 is 30.7 Å². The highest BCUT2D eigenvalue weighted by Crippen LogP contribution is 2.13. The van der Waals surface area contributed by atoms with Gasteiger partial charge in [-0.3, -0.25) is 19.3 Å². The van der Waals surface area contributed by atoms with Crippen LogP contribution in [-0.4, -0.2) is 87.9 Å². The number of hydrogen-bond donors (Lipinski definition) is 5. The molecule has 1 fully saturated rings. The van der Waals surface area contributed by atoms with Gasteiger partial charge in [-0.25, -0.2) is 4.79 Å². The van der Waals surface area contributed by atoms with Crippen molar-refractivity contribution in [3.05, 3.63) is 29.8 Å². The predicted octanol–water partition coefficient (Wildman–Crippen LogP) is -1.78. The molecule has 1 unspecified atom stereocenters. The van der Waals surface area contributed by atoms with Crippen molar-refractivity contribution in [1.29, 1.82) is 0 Å². The molecule has 0 aliphatic carbocycles. The van der Waals surface area contributed by atoms with Gasteiger partial charge in [0, 0.05) is 19.6 Å². The van der Waals surface area contributed by atoms with Crippen LogP contribution in [0.15, 0.2) is 24.3 Å². The predicted molar refractivity (Wildman–Crippen MR) is 106 cm³/mol. The molecular formula is C18H25BN4O7. The number of imide groups is 1. The van der Waals surface area contributed by atoms with Gasteiger partial charge in [0.15, 0.2) is 0 Å². The minimum atomic E-state index is -1.76. The van der Waals surface area contributed by atoms with Crippen molar-refractivity contribution in [1.82, 2.24) is 20.4 Å². The van der Waals surface area contributed by atoms with Gasteiger partial charge in [0.05, 0.1) is 6.44 Å². The Bertz CT molecular complexity index is 787. The van der Waals surface area contributed by atoms with Gasteiger partial charge in [0.2, 0.25) is 5.91 Å². The van der Waals surface area contributed by atoms with Gasteiger partial charge in [0.1, 0.15) is 11.8 Å². The summed E-state index contributed by atoms with van der Waals surface area (Å²) < 4.78 is 0. The highest BCUT2D eigenvalue weighted by Gasteiger charge is 2.36. The fraction of sp³-hybridized carbons (Fsp3) is 0.444. The number of carbonyl (C=O) groups excluding carboxylic acids is 4. The molecule has 30 heavy (non-hydrogen) atoms. The number of phenolic OH excluding ortho intramolecular Hbond substituents is 1. The molecular weight excluding hydrogens is 395 g/mol. The van der Waals surface area contributed by atoms with Gasteiger partial charge >= 0.3 is 25.0 Å². The third-order valence-electron chi connectivity index (χ3n) is 4.67. The van der Waals surface area contributed by atoms with E-state index in [-0.39, 0.29) is 25.3 Å². The minimum Gasteiger partial charge on any atom is -0.508 e. The van der Waals surface area contributed by atoms with E-state index in [1.807, 2.05) is 0 Å². The Kier molecular flexibility index (Phi) is 8.19. The van der Waals surface area contributed by atoms with Crippen LogP contribution in [0, 0.1) is 0 Å². The summed E-state index contributed by atoms with van der Waals surface area (Å²) in [6.07, 6.45) is 0.0642. The molecule has 0 radical (unpaired) electrons. The number of amides is 5. The van der Waals surface area contributed by atoms with Gasteiger partial charge in [-0.2, -0.15) is 0 Å². The molecule has 1 aromatic carbocycles. The SMILES string of the molecule is CCN1CCN(C(=O)NC(CCc2ccc(O)cc2)C(=O)NCB(O)O)C(=O)C1=O. The third-order valence-corrected chi connectivity index (χ3v) is 4.67. The largest absolute Gasteiger partial charge is 0.508 e. The zero-order valence-electron chi connectivity index (χ0n) is 16.6. The van der Waals surface area contributed by atoms with Gasteiger partial charge in [0.25, 0.3) is 0 Å². The van der Waals surface area contributed by atoms with Crippen LogP contribution in [0.4, 0.5) is 4.79 Å². The highest BCUT2D eigenvalue weighted by molar-refractivity contribution is 6.41.